The maximum absolute atomic E-state index is 13.3. The quantitative estimate of drug-likeness (QED) is 0.793. The van der Waals surface area contributed by atoms with Crippen molar-refractivity contribution in [2.45, 2.75) is 32.3 Å². The van der Waals surface area contributed by atoms with Gasteiger partial charge in [-0.1, -0.05) is 18.2 Å². The molecule has 1 aromatic carbocycles. The molecule has 1 fully saturated rings. The molecule has 148 valence electrons. The van der Waals surface area contributed by atoms with Crippen molar-refractivity contribution in [2.75, 3.05) is 19.8 Å². The summed E-state index contributed by atoms with van der Waals surface area (Å²) in [4.78, 5) is 19.5. The molecule has 4 rings (SSSR count). The third-order valence-corrected chi connectivity index (χ3v) is 4.94. The second-order valence-corrected chi connectivity index (χ2v) is 7.59. The minimum atomic E-state index is -0.630. The van der Waals surface area contributed by atoms with Crippen molar-refractivity contribution < 1.29 is 19.0 Å². The lowest BCUT2D eigenvalue weighted by atomic mass is 10.1. The van der Waals surface area contributed by atoms with Crippen molar-refractivity contribution in [1.82, 2.24) is 14.5 Å². The number of ether oxygens (including phenoxy) is 3. The van der Waals surface area contributed by atoms with Gasteiger partial charge in [0.25, 0.3) is 5.91 Å². The molecule has 2 aliphatic rings. The van der Waals surface area contributed by atoms with Gasteiger partial charge in [-0.15, -0.1) is 0 Å². The van der Waals surface area contributed by atoms with E-state index >= 15 is 0 Å². The van der Waals surface area contributed by atoms with Crippen LogP contribution in [0.25, 0.3) is 6.08 Å². The Balaban J connectivity index is 1.57. The zero-order valence-electron chi connectivity index (χ0n) is 16.4. The third-order valence-electron chi connectivity index (χ3n) is 4.94. The van der Waals surface area contributed by atoms with Gasteiger partial charge in [-0.25, -0.2) is 4.98 Å². The molecule has 1 unspecified atom stereocenters. The standard InChI is InChI=1S/C21H25N3O4/c1-21(2)27-14-17(28-21)11-24(12-19-22-8-9-23(19)3)20(25)16-10-15-6-4-5-7-18(15)26-13-16/h4-10,17H,11-14H2,1-3H3. The van der Waals surface area contributed by atoms with E-state index in [0.29, 0.717) is 25.3 Å². The van der Waals surface area contributed by atoms with E-state index in [1.165, 1.54) is 0 Å². The Bertz CT molecular complexity index is 903. The van der Waals surface area contributed by atoms with E-state index in [1.807, 2.05) is 62.0 Å². The average molecular weight is 383 g/mol. The predicted molar refractivity (Wildman–Crippen MR) is 103 cm³/mol. The third kappa shape index (κ3) is 3.95. The van der Waals surface area contributed by atoms with E-state index in [-0.39, 0.29) is 18.6 Å². The fraction of sp³-hybridized carbons (Fsp3) is 0.429. The molecular formula is C21H25N3O4. The monoisotopic (exact) mass is 383 g/mol. The maximum atomic E-state index is 13.3. The summed E-state index contributed by atoms with van der Waals surface area (Å²) in [5.41, 5.74) is 1.53. The van der Waals surface area contributed by atoms with Gasteiger partial charge in [0.1, 0.15) is 24.3 Å². The van der Waals surface area contributed by atoms with Gasteiger partial charge in [0.15, 0.2) is 5.79 Å². The zero-order chi connectivity index (χ0) is 19.7. The summed E-state index contributed by atoms with van der Waals surface area (Å²) in [7, 11) is 1.92. The van der Waals surface area contributed by atoms with E-state index in [9.17, 15) is 4.79 Å². The van der Waals surface area contributed by atoms with Crippen LogP contribution in [0.1, 0.15) is 25.2 Å². The summed E-state index contributed by atoms with van der Waals surface area (Å²) in [6, 6.07) is 7.71. The molecule has 3 heterocycles. The molecule has 0 spiro atoms. The summed E-state index contributed by atoms with van der Waals surface area (Å²) in [5, 5.41) is 0. The molecule has 0 aliphatic carbocycles. The number of hydrogen-bond acceptors (Lipinski definition) is 5. The lowest BCUT2D eigenvalue weighted by Crippen LogP contribution is -2.41. The fourth-order valence-corrected chi connectivity index (χ4v) is 3.48. The van der Waals surface area contributed by atoms with Gasteiger partial charge in [0.2, 0.25) is 0 Å². The van der Waals surface area contributed by atoms with Crippen molar-refractivity contribution in [3.8, 4) is 5.75 Å². The van der Waals surface area contributed by atoms with Crippen LogP contribution in [0, 0.1) is 0 Å². The molecular weight excluding hydrogens is 358 g/mol. The lowest BCUT2D eigenvalue weighted by molar-refractivity contribution is -0.145. The molecule has 1 aromatic heterocycles. The number of rotatable bonds is 5. The van der Waals surface area contributed by atoms with E-state index in [4.69, 9.17) is 14.2 Å². The largest absolute Gasteiger partial charge is 0.488 e. The van der Waals surface area contributed by atoms with Crippen molar-refractivity contribution in [1.29, 1.82) is 0 Å². The number of hydrogen-bond donors (Lipinski definition) is 0. The second kappa shape index (κ2) is 7.41. The van der Waals surface area contributed by atoms with Gasteiger partial charge < -0.3 is 23.7 Å². The number of aryl methyl sites for hydroxylation is 1. The van der Waals surface area contributed by atoms with Crippen molar-refractivity contribution in [2.24, 2.45) is 7.05 Å². The summed E-state index contributed by atoms with van der Waals surface area (Å²) in [5.74, 6) is 0.897. The fourth-order valence-electron chi connectivity index (χ4n) is 3.48. The number of carbonyl (C=O) groups is 1. The highest BCUT2D eigenvalue weighted by atomic mass is 16.7. The summed E-state index contributed by atoms with van der Waals surface area (Å²) in [6.07, 6.45) is 5.32. The molecule has 1 saturated heterocycles. The van der Waals surface area contributed by atoms with Crippen molar-refractivity contribution in [3.05, 3.63) is 53.6 Å². The number of aromatic nitrogens is 2. The number of carbonyl (C=O) groups excluding carboxylic acids is 1. The molecule has 2 aliphatic heterocycles. The molecule has 2 aromatic rings. The van der Waals surface area contributed by atoms with Crippen LogP contribution >= 0.6 is 0 Å². The van der Waals surface area contributed by atoms with Gasteiger partial charge in [-0.05, 0) is 26.0 Å². The Morgan fingerprint density at radius 1 is 1.36 bits per heavy atom. The Morgan fingerprint density at radius 3 is 2.89 bits per heavy atom. The highest BCUT2D eigenvalue weighted by Gasteiger charge is 2.35. The van der Waals surface area contributed by atoms with E-state index in [2.05, 4.69) is 4.98 Å². The van der Waals surface area contributed by atoms with E-state index in [1.54, 1.807) is 11.1 Å². The SMILES string of the molecule is Cn1ccnc1CN(CC1COC(C)(C)O1)C(=O)C1=Cc2ccccc2OC1. The van der Waals surface area contributed by atoms with Crippen LogP contribution in [0.2, 0.25) is 0 Å². The second-order valence-electron chi connectivity index (χ2n) is 7.59. The summed E-state index contributed by atoms with van der Waals surface area (Å²) < 4.78 is 19.3. The van der Waals surface area contributed by atoms with Crippen LogP contribution in [0.3, 0.4) is 0 Å². The lowest BCUT2D eigenvalue weighted by Gasteiger charge is -2.28. The first-order chi connectivity index (χ1) is 13.4. The number of para-hydroxylation sites is 1. The molecule has 0 N–H and O–H groups in total. The van der Waals surface area contributed by atoms with Crippen LogP contribution in [-0.2, 0) is 27.9 Å². The number of nitrogens with zero attached hydrogens (tertiary/aromatic N) is 3. The van der Waals surface area contributed by atoms with Gasteiger partial charge in [-0.3, -0.25) is 4.79 Å². The first-order valence-electron chi connectivity index (χ1n) is 9.41. The van der Waals surface area contributed by atoms with Gasteiger partial charge in [0.05, 0.1) is 25.3 Å². The van der Waals surface area contributed by atoms with E-state index in [0.717, 1.165) is 17.1 Å². The van der Waals surface area contributed by atoms with Crippen LogP contribution in [0.15, 0.2) is 42.2 Å². The molecule has 1 atom stereocenters. The molecule has 7 heteroatoms. The minimum absolute atomic E-state index is 0.0780. The molecule has 1 amide bonds. The Morgan fingerprint density at radius 2 is 2.18 bits per heavy atom. The summed E-state index contributed by atoms with van der Waals surface area (Å²) in [6.45, 7) is 5.28. The summed E-state index contributed by atoms with van der Waals surface area (Å²) >= 11 is 0. The number of imidazole rings is 1. The smallest absolute Gasteiger partial charge is 0.253 e. The minimum Gasteiger partial charge on any atom is -0.488 e. The Labute approximate surface area is 164 Å². The number of fused-ring (bicyclic) bond motifs is 1. The maximum Gasteiger partial charge on any atom is 0.253 e. The Hall–Kier alpha value is -2.64. The highest BCUT2D eigenvalue weighted by Crippen LogP contribution is 2.28. The molecule has 0 bridgehead atoms. The molecule has 0 saturated carbocycles. The Kier molecular flexibility index (Phi) is 4.95. The van der Waals surface area contributed by atoms with Crippen molar-refractivity contribution in [3.63, 3.8) is 0 Å². The van der Waals surface area contributed by atoms with E-state index < -0.39 is 5.79 Å². The van der Waals surface area contributed by atoms with Crippen LogP contribution in [0.4, 0.5) is 0 Å². The molecule has 28 heavy (non-hydrogen) atoms. The topological polar surface area (TPSA) is 65.8 Å². The predicted octanol–water partition coefficient (Wildman–Crippen LogP) is 2.38. The van der Waals surface area contributed by atoms with Crippen LogP contribution in [0.5, 0.6) is 5.75 Å². The molecule has 0 radical (unpaired) electrons. The zero-order valence-corrected chi connectivity index (χ0v) is 16.4. The van der Waals surface area contributed by atoms with Crippen molar-refractivity contribution >= 4 is 12.0 Å². The van der Waals surface area contributed by atoms with Gasteiger partial charge in [-0.2, -0.15) is 0 Å². The van der Waals surface area contributed by atoms with Gasteiger partial charge >= 0.3 is 0 Å². The van der Waals surface area contributed by atoms with Crippen LogP contribution in [-0.4, -0.2) is 52.0 Å². The highest BCUT2D eigenvalue weighted by molar-refractivity contribution is 5.99. The normalized spacial score (nSPS) is 20.2. The first-order valence-corrected chi connectivity index (χ1v) is 9.41. The van der Waals surface area contributed by atoms with Gasteiger partial charge in [0, 0.05) is 25.0 Å². The number of benzene rings is 1. The van der Waals surface area contributed by atoms with Crippen LogP contribution < -0.4 is 4.74 Å². The first kappa shape index (κ1) is 18.7. The number of amides is 1. The molecule has 7 nitrogen and oxygen atoms in total. The average Bonchev–Trinajstić information content (AvgIpc) is 3.24.